The number of hydrogen-bond acceptors (Lipinski definition) is 4. The first-order valence-corrected chi connectivity index (χ1v) is 6.15. The van der Waals surface area contributed by atoms with Crippen LogP contribution in [0.5, 0.6) is 5.75 Å². The maximum atomic E-state index is 9.75. The van der Waals surface area contributed by atoms with Crippen molar-refractivity contribution in [2.45, 2.75) is 0 Å². The standard InChI is InChI=1S/C15H15N3O/c1-16-12-5-3-4-9-6-11-13(17-2)7-10(19)8-14(11)18-15(9)12/h3-8,16-17,19H,1-2H3. The molecule has 0 aliphatic rings. The Hall–Kier alpha value is -2.49. The molecular formula is C15H15N3O. The molecule has 0 aliphatic heterocycles. The van der Waals surface area contributed by atoms with E-state index in [4.69, 9.17) is 0 Å². The molecule has 0 spiro atoms. The summed E-state index contributed by atoms with van der Waals surface area (Å²) in [5.41, 5.74) is 3.54. The summed E-state index contributed by atoms with van der Waals surface area (Å²) in [6.07, 6.45) is 0. The van der Waals surface area contributed by atoms with Crippen LogP contribution in [0.2, 0.25) is 0 Å². The average molecular weight is 253 g/mol. The molecule has 0 saturated carbocycles. The number of nitrogens with one attached hydrogen (secondary N) is 2. The van der Waals surface area contributed by atoms with Gasteiger partial charge in [-0.15, -0.1) is 0 Å². The van der Waals surface area contributed by atoms with E-state index < -0.39 is 0 Å². The molecular weight excluding hydrogens is 238 g/mol. The van der Waals surface area contributed by atoms with E-state index in [0.29, 0.717) is 0 Å². The molecule has 0 fully saturated rings. The maximum Gasteiger partial charge on any atom is 0.119 e. The van der Waals surface area contributed by atoms with Crippen molar-refractivity contribution in [1.29, 1.82) is 0 Å². The molecule has 2 aromatic carbocycles. The van der Waals surface area contributed by atoms with Crippen LogP contribution in [0.25, 0.3) is 21.8 Å². The van der Waals surface area contributed by atoms with E-state index in [-0.39, 0.29) is 5.75 Å². The lowest BCUT2D eigenvalue weighted by Gasteiger charge is -2.10. The van der Waals surface area contributed by atoms with Crippen molar-refractivity contribution in [2.75, 3.05) is 24.7 Å². The topological polar surface area (TPSA) is 57.2 Å². The van der Waals surface area contributed by atoms with Crippen molar-refractivity contribution >= 4 is 33.2 Å². The lowest BCUT2D eigenvalue weighted by Crippen LogP contribution is -1.94. The number of rotatable bonds is 2. The fraction of sp³-hybridized carbons (Fsp3) is 0.133. The van der Waals surface area contributed by atoms with Gasteiger partial charge in [-0.05, 0) is 12.1 Å². The van der Waals surface area contributed by atoms with Gasteiger partial charge >= 0.3 is 0 Å². The monoisotopic (exact) mass is 253 g/mol. The number of pyridine rings is 1. The minimum absolute atomic E-state index is 0.214. The number of hydrogen-bond donors (Lipinski definition) is 3. The summed E-state index contributed by atoms with van der Waals surface area (Å²) >= 11 is 0. The Morgan fingerprint density at radius 3 is 2.53 bits per heavy atom. The van der Waals surface area contributed by atoms with Gasteiger partial charge in [0.1, 0.15) is 5.75 Å². The molecule has 3 aromatic rings. The zero-order valence-electron chi connectivity index (χ0n) is 10.9. The summed E-state index contributed by atoms with van der Waals surface area (Å²) in [6, 6.07) is 11.5. The van der Waals surface area contributed by atoms with Crippen LogP contribution in [0, 0.1) is 0 Å². The van der Waals surface area contributed by atoms with E-state index in [9.17, 15) is 5.11 Å². The van der Waals surface area contributed by atoms with E-state index in [1.165, 1.54) is 0 Å². The second kappa shape index (κ2) is 4.31. The Morgan fingerprint density at radius 2 is 1.79 bits per heavy atom. The van der Waals surface area contributed by atoms with Crippen LogP contribution < -0.4 is 10.6 Å². The van der Waals surface area contributed by atoms with Crippen LogP contribution >= 0.6 is 0 Å². The van der Waals surface area contributed by atoms with Crippen molar-refractivity contribution in [3.8, 4) is 5.75 Å². The third kappa shape index (κ3) is 1.81. The fourth-order valence-corrected chi connectivity index (χ4v) is 2.35. The van der Waals surface area contributed by atoms with Crippen LogP contribution in [0.1, 0.15) is 0 Å². The van der Waals surface area contributed by atoms with E-state index in [1.807, 2.05) is 32.3 Å². The molecule has 0 radical (unpaired) electrons. The van der Waals surface area contributed by atoms with E-state index in [2.05, 4.69) is 21.7 Å². The van der Waals surface area contributed by atoms with Gasteiger partial charge in [-0.2, -0.15) is 0 Å². The van der Waals surface area contributed by atoms with Gasteiger partial charge in [0, 0.05) is 42.7 Å². The predicted octanol–water partition coefficient (Wildman–Crippen LogP) is 3.18. The molecule has 0 aliphatic carbocycles. The lowest BCUT2D eigenvalue weighted by molar-refractivity contribution is 0.476. The zero-order valence-corrected chi connectivity index (χ0v) is 10.9. The number of phenols is 1. The van der Waals surface area contributed by atoms with Gasteiger partial charge in [-0.1, -0.05) is 12.1 Å². The zero-order chi connectivity index (χ0) is 13.4. The van der Waals surface area contributed by atoms with Gasteiger partial charge in [0.05, 0.1) is 16.7 Å². The highest BCUT2D eigenvalue weighted by atomic mass is 16.3. The number of aromatic hydroxyl groups is 1. The second-order valence-corrected chi connectivity index (χ2v) is 4.43. The second-order valence-electron chi connectivity index (χ2n) is 4.43. The molecule has 4 nitrogen and oxygen atoms in total. The smallest absolute Gasteiger partial charge is 0.119 e. The third-order valence-electron chi connectivity index (χ3n) is 3.28. The first kappa shape index (κ1) is 11.6. The van der Waals surface area contributed by atoms with E-state index >= 15 is 0 Å². The van der Waals surface area contributed by atoms with Gasteiger partial charge in [0.15, 0.2) is 0 Å². The summed E-state index contributed by atoms with van der Waals surface area (Å²) in [6.45, 7) is 0. The molecule has 1 heterocycles. The number of anilines is 2. The normalized spacial score (nSPS) is 10.8. The van der Waals surface area contributed by atoms with Crippen LogP contribution in [0.3, 0.4) is 0 Å². The van der Waals surface area contributed by atoms with Crippen LogP contribution in [-0.2, 0) is 0 Å². The highest BCUT2D eigenvalue weighted by Gasteiger charge is 2.08. The first-order valence-electron chi connectivity index (χ1n) is 6.15. The minimum atomic E-state index is 0.214. The number of aromatic nitrogens is 1. The van der Waals surface area contributed by atoms with E-state index in [1.54, 1.807) is 12.1 Å². The summed E-state index contributed by atoms with van der Waals surface area (Å²) in [4.78, 5) is 4.66. The molecule has 19 heavy (non-hydrogen) atoms. The van der Waals surface area contributed by atoms with Crippen LogP contribution in [-0.4, -0.2) is 24.2 Å². The maximum absolute atomic E-state index is 9.75. The van der Waals surface area contributed by atoms with Crippen molar-refractivity contribution in [2.24, 2.45) is 0 Å². The Labute approximate surface area is 111 Å². The number of phenolic OH excluding ortho intramolecular Hbond substituents is 1. The molecule has 96 valence electrons. The summed E-state index contributed by atoms with van der Waals surface area (Å²) in [5, 5.41) is 18.0. The van der Waals surface area contributed by atoms with Crippen LogP contribution in [0.15, 0.2) is 36.4 Å². The van der Waals surface area contributed by atoms with Gasteiger partial charge < -0.3 is 15.7 Å². The quantitative estimate of drug-likeness (QED) is 0.614. The van der Waals surface area contributed by atoms with Crippen LogP contribution in [0.4, 0.5) is 11.4 Å². The Kier molecular flexibility index (Phi) is 2.63. The SMILES string of the molecule is CNc1cc(O)cc2nc3c(NC)cccc3cc12. The highest BCUT2D eigenvalue weighted by Crippen LogP contribution is 2.32. The molecule has 0 atom stereocenters. The molecule has 1 aromatic heterocycles. The Morgan fingerprint density at radius 1 is 1.00 bits per heavy atom. The predicted molar refractivity (Wildman–Crippen MR) is 80.0 cm³/mol. The molecule has 3 N–H and O–H groups in total. The summed E-state index contributed by atoms with van der Waals surface area (Å²) in [7, 11) is 3.71. The average Bonchev–Trinajstić information content (AvgIpc) is 2.43. The summed E-state index contributed by atoms with van der Waals surface area (Å²) < 4.78 is 0. The number of nitrogens with zero attached hydrogens (tertiary/aromatic N) is 1. The lowest BCUT2D eigenvalue weighted by atomic mass is 10.1. The van der Waals surface area contributed by atoms with Crippen molar-refractivity contribution in [3.05, 3.63) is 36.4 Å². The highest BCUT2D eigenvalue weighted by molar-refractivity contribution is 6.03. The van der Waals surface area contributed by atoms with Crippen molar-refractivity contribution in [3.63, 3.8) is 0 Å². The van der Waals surface area contributed by atoms with Crippen molar-refractivity contribution in [1.82, 2.24) is 4.98 Å². The molecule has 3 rings (SSSR count). The number of benzene rings is 2. The van der Waals surface area contributed by atoms with Gasteiger partial charge in [0.2, 0.25) is 0 Å². The van der Waals surface area contributed by atoms with Gasteiger partial charge in [-0.25, -0.2) is 4.98 Å². The molecule has 0 bridgehead atoms. The fourth-order valence-electron chi connectivity index (χ4n) is 2.35. The van der Waals surface area contributed by atoms with Crippen molar-refractivity contribution < 1.29 is 5.11 Å². The largest absolute Gasteiger partial charge is 0.508 e. The molecule has 0 unspecified atom stereocenters. The van der Waals surface area contributed by atoms with Gasteiger partial charge in [-0.3, -0.25) is 0 Å². The Balaban J connectivity index is 2.44. The molecule has 0 amide bonds. The van der Waals surface area contributed by atoms with Gasteiger partial charge in [0.25, 0.3) is 0 Å². The minimum Gasteiger partial charge on any atom is -0.508 e. The summed E-state index contributed by atoms with van der Waals surface area (Å²) in [5.74, 6) is 0.214. The molecule has 4 heteroatoms. The third-order valence-corrected chi connectivity index (χ3v) is 3.28. The number of fused-ring (bicyclic) bond motifs is 2. The number of para-hydroxylation sites is 1. The Bertz CT molecular complexity index is 768. The molecule has 0 saturated heterocycles. The van der Waals surface area contributed by atoms with E-state index in [0.717, 1.165) is 33.2 Å². The first-order chi connectivity index (χ1) is 9.22.